The molecule has 0 unspecified atom stereocenters. The van der Waals surface area contributed by atoms with E-state index in [9.17, 15) is 0 Å². The van der Waals surface area contributed by atoms with E-state index in [1.165, 1.54) is 62.2 Å². The Kier molecular flexibility index (Phi) is 2.54. The second-order valence-corrected chi connectivity index (χ2v) is 7.10. The van der Waals surface area contributed by atoms with E-state index >= 15 is 0 Å². The molecule has 3 aliphatic rings. The van der Waals surface area contributed by atoms with Crippen LogP contribution in [0.25, 0.3) is 0 Å². The van der Waals surface area contributed by atoms with Gasteiger partial charge < -0.3 is 10.6 Å². The number of nitrogen functional groups attached to an aromatic ring is 1. The smallest absolute Gasteiger partial charge is 0.142 e. The molecule has 1 aromatic rings. The van der Waals surface area contributed by atoms with Gasteiger partial charge in [0.15, 0.2) is 0 Å². The number of anilines is 2. The molecule has 3 fully saturated rings. The fraction of sp³-hybridized carbons (Fsp3) is 0.786. The molecule has 0 saturated heterocycles. The summed E-state index contributed by atoms with van der Waals surface area (Å²) in [5, 5.41) is 1.41. The summed E-state index contributed by atoms with van der Waals surface area (Å²) in [6, 6.07) is 0. The number of nitrogens with two attached hydrogens (primary N) is 1. The molecule has 3 aliphatic carbocycles. The normalized spacial score (nSPS) is 23.3. The van der Waals surface area contributed by atoms with E-state index in [1.807, 2.05) is 0 Å². The maximum atomic E-state index is 6.09. The molecule has 1 aromatic heterocycles. The Labute approximate surface area is 113 Å². The highest BCUT2D eigenvalue weighted by Crippen LogP contribution is 2.50. The number of nitrogens with zero attached hydrogens (tertiary/aromatic N) is 2. The number of hydrogen-bond acceptors (Lipinski definition) is 4. The van der Waals surface area contributed by atoms with E-state index in [0.29, 0.717) is 0 Å². The monoisotopic (exact) mass is 263 g/mol. The summed E-state index contributed by atoms with van der Waals surface area (Å²) < 4.78 is 4.43. The standard InChI is InChI=1S/C14H21N3S/c15-13-12(11-5-6-11)14(18-16-13)17(7-9-1-2-9)8-10-3-4-10/h9-11H,1-8H2,(H2,15,16). The van der Waals surface area contributed by atoms with Crippen LogP contribution in [0, 0.1) is 11.8 Å². The van der Waals surface area contributed by atoms with Crippen molar-refractivity contribution in [3.63, 3.8) is 0 Å². The van der Waals surface area contributed by atoms with Gasteiger partial charge in [0.05, 0.1) is 0 Å². The van der Waals surface area contributed by atoms with Crippen molar-refractivity contribution in [2.24, 2.45) is 11.8 Å². The van der Waals surface area contributed by atoms with Crippen molar-refractivity contribution >= 4 is 22.4 Å². The minimum atomic E-state index is 0.722. The zero-order valence-corrected chi connectivity index (χ0v) is 11.6. The first-order valence-electron chi connectivity index (χ1n) is 7.31. The fourth-order valence-electron chi connectivity index (χ4n) is 2.75. The highest BCUT2D eigenvalue weighted by Gasteiger charge is 2.35. The Morgan fingerprint density at radius 1 is 1.06 bits per heavy atom. The first-order valence-corrected chi connectivity index (χ1v) is 8.08. The Balaban J connectivity index is 1.59. The lowest BCUT2D eigenvalue weighted by molar-refractivity contribution is 0.681. The molecular weight excluding hydrogens is 242 g/mol. The van der Waals surface area contributed by atoms with Gasteiger partial charge in [-0.25, -0.2) is 0 Å². The van der Waals surface area contributed by atoms with Crippen LogP contribution in [0.2, 0.25) is 0 Å². The molecule has 4 rings (SSSR count). The summed E-state index contributed by atoms with van der Waals surface area (Å²) in [5.74, 6) is 3.42. The van der Waals surface area contributed by atoms with Gasteiger partial charge in [0.25, 0.3) is 0 Å². The third kappa shape index (κ3) is 2.22. The van der Waals surface area contributed by atoms with E-state index in [2.05, 4.69) is 9.27 Å². The van der Waals surface area contributed by atoms with Crippen LogP contribution in [0.5, 0.6) is 0 Å². The molecule has 98 valence electrons. The summed E-state index contributed by atoms with van der Waals surface area (Å²) in [4.78, 5) is 2.62. The van der Waals surface area contributed by atoms with Crippen LogP contribution in [0.4, 0.5) is 10.8 Å². The van der Waals surface area contributed by atoms with Crippen molar-refractivity contribution in [1.82, 2.24) is 4.37 Å². The quantitative estimate of drug-likeness (QED) is 0.857. The average molecular weight is 263 g/mol. The lowest BCUT2D eigenvalue weighted by atomic mass is 10.2. The van der Waals surface area contributed by atoms with E-state index in [0.717, 1.165) is 23.6 Å². The van der Waals surface area contributed by atoms with Gasteiger partial charge in [-0.15, -0.1) is 0 Å². The zero-order valence-electron chi connectivity index (χ0n) is 10.8. The van der Waals surface area contributed by atoms with Gasteiger partial charge >= 0.3 is 0 Å². The molecule has 0 spiro atoms. The van der Waals surface area contributed by atoms with Crippen molar-refractivity contribution < 1.29 is 0 Å². The van der Waals surface area contributed by atoms with E-state index in [-0.39, 0.29) is 0 Å². The van der Waals surface area contributed by atoms with E-state index in [1.54, 1.807) is 11.5 Å². The number of aromatic nitrogens is 1. The Bertz CT molecular complexity index is 430. The molecule has 18 heavy (non-hydrogen) atoms. The van der Waals surface area contributed by atoms with Gasteiger partial charge in [-0.1, -0.05) is 0 Å². The highest BCUT2D eigenvalue weighted by molar-refractivity contribution is 7.10. The van der Waals surface area contributed by atoms with Crippen LogP contribution in [0.15, 0.2) is 0 Å². The highest BCUT2D eigenvalue weighted by atomic mass is 32.1. The van der Waals surface area contributed by atoms with Crippen molar-refractivity contribution in [3.05, 3.63) is 5.56 Å². The maximum absolute atomic E-state index is 6.09. The van der Waals surface area contributed by atoms with Gasteiger partial charge in [-0.05, 0) is 67.8 Å². The van der Waals surface area contributed by atoms with Crippen LogP contribution < -0.4 is 10.6 Å². The van der Waals surface area contributed by atoms with Crippen LogP contribution in [-0.2, 0) is 0 Å². The minimum absolute atomic E-state index is 0.722. The summed E-state index contributed by atoms with van der Waals surface area (Å²) >= 11 is 1.64. The molecule has 4 heteroatoms. The Hall–Kier alpha value is -0.770. The second kappa shape index (κ2) is 4.12. The maximum Gasteiger partial charge on any atom is 0.142 e. The summed E-state index contributed by atoms with van der Waals surface area (Å²) in [6.45, 7) is 2.50. The van der Waals surface area contributed by atoms with Crippen molar-refractivity contribution in [2.45, 2.75) is 44.4 Å². The van der Waals surface area contributed by atoms with Gasteiger partial charge in [-0.2, -0.15) is 4.37 Å². The molecule has 3 saturated carbocycles. The predicted molar refractivity (Wildman–Crippen MR) is 76.2 cm³/mol. The lowest BCUT2D eigenvalue weighted by Gasteiger charge is -2.24. The largest absolute Gasteiger partial charge is 0.383 e. The van der Waals surface area contributed by atoms with Gasteiger partial charge in [0.1, 0.15) is 10.8 Å². The second-order valence-electron chi connectivity index (χ2n) is 6.35. The Morgan fingerprint density at radius 3 is 2.17 bits per heavy atom. The molecule has 0 radical (unpaired) electrons. The summed E-state index contributed by atoms with van der Waals surface area (Å²) in [5.41, 5.74) is 7.48. The minimum Gasteiger partial charge on any atom is -0.383 e. The third-order valence-corrected chi connectivity index (χ3v) is 5.30. The third-order valence-electron chi connectivity index (χ3n) is 4.36. The molecule has 0 amide bonds. The molecule has 3 nitrogen and oxygen atoms in total. The summed E-state index contributed by atoms with van der Waals surface area (Å²) in [6.07, 6.45) is 8.33. The van der Waals surface area contributed by atoms with Gasteiger partial charge in [0.2, 0.25) is 0 Å². The fourth-order valence-corrected chi connectivity index (χ4v) is 3.67. The molecule has 1 heterocycles. The zero-order chi connectivity index (χ0) is 12.1. The van der Waals surface area contributed by atoms with E-state index < -0.39 is 0 Å². The van der Waals surface area contributed by atoms with Crippen molar-refractivity contribution in [3.8, 4) is 0 Å². The molecule has 2 N–H and O–H groups in total. The first-order chi connectivity index (χ1) is 8.81. The number of rotatable bonds is 6. The van der Waals surface area contributed by atoms with Gasteiger partial charge in [-0.3, -0.25) is 0 Å². The molecule has 0 bridgehead atoms. The van der Waals surface area contributed by atoms with Crippen LogP contribution in [0.3, 0.4) is 0 Å². The summed E-state index contributed by atoms with van der Waals surface area (Å²) in [7, 11) is 0. The lowest BCUT2D eigenvalue weighted by Crippen LogP contribution is -2.28. The number of hydrogen-bond donors (Lipinski definition) is 1. The topological polar surface area (TPSA) is 42.1 Å². The van der Waals surface area contributed by atoms with Crippen LogP contribution in [-0.4, -0.2) is 17.5 Å². The van der Waals surface area contributed by atoms with Crippen LogP contribution in [0.1, 0.15) is 50.0 Å². The van der Waals surface area contributed by atoms with Crippen molar-refractivity contribution in [2.75, 3.05) is 23.7 Å². The van der Waals surface area contributed by atoms with Crippen LogP contribution >= 0.6 is 11.5 Å². The molecule has 0 atom stereocenters. The van der Waals surface area contributed by atoms with E-state index in [4.69, 9.17) is 5.73 Å². The molecule has 0 aliphatic heterocycles. The van der Waals surface area contributed by atoms with Gasteiger partial charge in [0, 0.05) is 18.7 Å². The molecular formula is C14H21N3S. The predicted octanol–water partition coefficient (Wildman–Crippen LogP) is 3.23. The first kappa shape index (κ1) is 11.1. The SMILES string of the molecule is Nc1nsc(N(CC2CC2)CC2CC2)c1C1CC1. The molecule has 0 aromatic carbocycles. The van der Waals surface area contributed by atoms with Crippen molar-refractivity contribution in [1.29, 1.82) is 0 Å². The Morgan fingerprint density at radius 2 is 1.67 bits per heavy atom. The average Bonchev–Trinajstić information content (AvgIpc) is 3.20.